The first-order valence-corrected chi connectivity index (χ1v) is 7.87. The number of carbonyl (C=O) groups excluding carboxylic acids is 2. The number of piperidine rings is 1. The maximum atomic E-state index is 12.3. The van der Waals surface area contributed by atoms with Crippen molar-refractivity contribution in [1.29, 1.82) is 0 Å². The second-order valence-corrected chi connectivity index (χ2v) is 6.26. The molecule has 0 saturated carbocycles. The van der Waals surface area contributed by atoms with Gasteiger partial charge >= 0.3 is 0 Å². The average molecular weight is 302 g/mol. The third kappa shape index (κ3) is 3.08. The Hall–Kier alpha value is -2.04. The standard InChI is InChI=1S/C17H22N2O3/c1-10-6-12-8-15(22-14(12)7-11(10)2)17(21)18-9-13-4-3-5-16(20)19-13/h6-7,13,15H,3-5,8-9H2,1-2H3,(H,18,21)(H,19,20)/t13-,15?/m1/s1. The highest BCUT2D eigenvalue weighted by Gasteiger charge is 2.30. The molecule has 2 aliphatic heterocycles. The number of hydrogen-bond donors (Lipinski definition) is 2. The highest BCUT2D eigenvalue weighted by Crippen LogP contribution is 2.31. The van der Waals surface area contributed by atoms with Gasteiger partial charge in [-0.15, -0.1) is 0 Å². The molecule has 1 aromatic rings. The molecule has 0 aliphatic carbocycles. The lowest BCUT2D eigenvalue weighted by molar-refractivity contribution is -0.128. The minimum atomic E-state index is -0.463. The molecule has 2 aliphatic rings. The molecule has 118 valence electrons. The van der Waals surface area contributed by atoms with Crippen LogP contribution in [0.5, 0.6) is 5.75 Å². The van der Waals surface area contributed by atoms with Crippen LogP contribution in [0.3, 0.4) is 0 Å². The monoisotopic (exact) mass is 302 g/mol. The highest BCUT2D eigenvalue weighted by atomic mass is 16.5. The summed E-state index contributed by atoms with van der Waals surface area (Å²) in [4.78, 5) is 23.6. The van der Waals surface area contributed by atoms with Crippen molar-refractivity contribution in [1.82, 2.24) is 10.6 Å². The molecule has 1 fully saturated rings. The molecule has 1 aromatic carbocycles. The lowest BCUT2D eigenvalue weighted by atomic mass is 10.0. The van der Waals surface area contributed by atoms with Crippen LogP contribution in [0.25, 0.3) is 0 Å². The molecule has 3 rings (SSSR count). The van der Waals surface area contributed by atoms with E-state index in [0.717, 1.165) is 24.2 Å². The van der Waals surface area contributed by atoms with E-state index in [4.69, 9.17) is 4.74 Å². The summed E-state index contributed by atoms with van der Waals surface area (Å²) in [6.45, 7) is 4.58. The van der Waals surface area contributed by atoms with E-state index in [1.165, 1.54) is 11.1 Å². The van der Waals surface area contributed by atoms with Gasteiger partial charge in [0.1, 0.15) is 5.75 Å². The molecular weight excluding hydrogens is 280 g/mol. The van der Waals surface area contributed by atoms with Crippen LogP contribution < -0.4 is 15.4 Å². The van der Waals surface area contributed by atoms with Crippen molar-refractivity contribution >= 4 is 11.8 Å². The summed E-state index contributed by atoms with van der Waals surface area (Å²) in [7, 11) is 0. The van der Waals surface area contributed by atoms with Crippen molar-refractivity contribution in [2.24, 2.45) is 0 Å². The van der Waals surface area contributed by atoms with Gasteiger partial charge in [-0.2, -0.15) is 0 Å². The minimum absolute atomic E-state index is 0.0402. The topological polar surface area (TPSA) is 67.4 Å². The van der Waals surface area contributed by atoms with Gasteiger partial charge in [-0.3, -0.25) is 9.59 Å². The normalized spacial score (nSPS) is 23.5. The van der Waals surface area contributed by atoms with E-state index in [9.17, 15) is 9.59 Å². The third-order valence-electron chi connectivity index (χ3n) is 4.49. The van der Waals surface area contributed by atoms with Crippen LogP contribution in [0.15, 0.2) is 12.1 Å². The summed E-state index contributed by atoms with van der Waals surface area (Å²) in [5.74, 6) is 0.779. The van der Waals surface area contributed by atoms with Gasteiger partial charge < -0.3 is 15.4 Å². The lowest BCUT2D eigenvalue weighted by Crippen LogP contribution is -2.48. The molecule has 2 N–H and O–H groups in total. The van der Waals surface area contributed by atoms with Gasteiger partial charge in [0.05, 0.1) is 0 Å². The highest BCUT2D eigenvalue weighted by molar-refractivity contribution is 5.83. The Morgan fingerprint density at radius 2 is 2.14 bits per heavy atom. The van der Waals surface area contributed by atoms with E-state index in [-0.39, 0.29) is 17.9 Å². The van der Waals surface area contributed by atoms with Gasteiger partial charge in [-0.05, 0) is 49.4 Å². The molecule has 0 aromatic heterocycles. The van der Waals surface area contributed by atoms with E-state index >= 15 is 0 Å². The van der Waals surface area contributed by atoms with E-state index < -0.39 is 6.10 Å². The Morgan fingerprint density at radius 3 is 2.91 bits per heavy atom. The van der Waals surface area contributed by atoms with Crippen molar-refractivity contribution in [2.45, 2.75) is 51.7 Å². The van der Waals surface area contributed by atoms with Crippen molar-refractivity contribution < 1.29 is 14.3 Å². The summed E-state index contributed by atoms with van der Waals surface area (Å²) in [6.07, 6.45) is 2.53. The molecule has 1 unspecified atom stereocenters. The van der Waals surface area contributed by atoms with Crippen LogP contribution in [0.2, 0.25) is 0 Å². The number of benzene rings is 1. The van der Waals surface area contributed by atoms with Crippen LogP contribution in [0.4, 0.5) is 0 Å². The van der Waals surface area contributed by atoms with Gasteiger partial charge in [0.25, 0.3) is 5.91 Å². The minimum Gasteiger partial charge on any atom is -0.480 e. The van der Waals surface area contributed by atoms with E-state index in [1.807, 2.05) is 13.0 Å². The molecule has 2 amide bonds. The smallest absolute Gasteiger partial charge is 0.261 e. The van der Waals surface area contributed by atoms with Crippen molar-refractivity contribution in [3.05, 3.63) is 28.8 Å². The summed E-state index contributed by atoms with van der Waals surface area (Å²) < 4.78 is 5.77. The first-order valence-electron chi connectivity index (χ1n) is 7.87. The first kappa shape index (κ1) is 14.9. The fourth-order valence-electron chi connectivity index (χ4n) is 3.03. The van der Waals surface area contributed by atoms with Crippen LogP contribution in [-0.4, -0.2) is 30.5 Å². The van der Waals surface area contributed by atoms with Crippen molar-refractivity contribution in [3.63, 3.8) is 0 Å². The molecule has 2 atom stereocenters. The zero-order valence-electron chi connectivity index (χ0n) is 13.1. The molecule has 0 radical (unpaired) electrons. The largest absolute Gasteiger partial charge is 0.480 e. The van der Waals surface area contributed by atoms with E-state index in [0.29, 0.717) is 19.4 Å². The number of fused-ring (bicyclic) bond motifs is 1. The predicted molar refractivity (Wildman–Crippen MR) is 82.8 cm³/mol. The maximum absolute atomic E-state index is 12.3. The lowest BCUT2D eigenvalue weighted by Gasteiger charge is -2.24. The van der Waals surface area contributed by atoms with Crippen molar-refractivity contribution in [3.8, 4) is 5.75 Å². The number of carbonyl (C=O) groups is 2. The van der Waals surface area contributed by atoms with Crippen LogP contribution >= 0.6 is 0 Å². The molecule has 5 heteroatoms. The predicted octanol–water partition coefficient (Wildman–Crippen LogP) is 1.39. The Kier molecular flexibility index (Phi) is 4.05. The Morgan fingerprint density at radius 1 is 1.36 bits per heavy atom. The summed E-state index contributed by atoms with van der Waals surface area (Å²) in [6, 6.07) is 4.14. The second kappa shape index (κ2) is 5.99. The molecule has 0 bridgehead atoms. The van der Waals surface area contributed by atoms with Gasteiger partial charge in [-0.1, -0.05) is 6.07 Å². The zero-order chi connectivity index (χ0) is 15.7. The van der Waals surface area contributed by atoms with Gasteiger partial charge in [-0.25, -0.2) is 0 Å². The van der Waals surface area contributed by atoms with E-state index in [1.54, 1.807) is 0 Å². The molecule has 22 heavy (non-hydrogen) atoms. The Bertz CT molecular complexity index is 581. The van der Waals surface area contributed by atoms with E-state index in [2.05, 4.69) is 23.6 Å². The van der Waals surface area contributed by atoms with Gasteiger partial charge in [0.2, 0.25) is 5.91 Å². The zero-order valence-corrected chi connectivity index (χ0v) is 13.1. The van der Waals surface area contributed by atoms with Gasteiger partial charge in [0, 0.05) is 25.4 Å². The Labute approximate surface area is 130 Å². The number of aryl methyl sites for hydroxylation is 2. The summed E-state index contributed by atoms with van der Waals surface area (Å²) in [5.41, 5.74) is 3.48. The average Bonchev–Trinajstić information content (AvgIpc) is 2.88. The molecule has 1 saturated heterocycles. The number of nitrogens with one attached hydrogen (secondary N) is 2. The molecule has 2 heterocycles. The number of amides is 2. The first-order chi connectivity index (χ1) is 10.5. The van der Waals surface area contributed by atoms with Gasteiger partial charge in [0.15, 0.2) is 6.10 Å². The maximum Gasteiger partial charge on any atom is 0.261 e. The second-order valence-electron chi connectivity index (χ2n) is 6.26. The van der Waals surface area contributed by atoms with Crippen LogP contribution in [0.1, 0.15) is 36.0 Å². The number of hydrogen-bond acceptors (Lipinski definition) is 3. The number of ether oxygens (including phenoxy) is 1. The van der Waals surface area contributed by atoms with Crippen LogP contribution in [0, 0.1) is 13.8 Å². The summed E-state index contributed by atoms with van der Waals surface area (Å²) >= 11 is 0. The van der Waals surface area contributed by atoms with Crippen molar-refractivity contribution in [2.75, 3.05) is 6.54 Å². The fraction of sp³-hybridized carbons (Fsp3) is 0.529. The molecule has 5 nitrogen and oxygen atoms in total. The SMILES string of the molecule is Cc1cc2c(cc1C)OC(C(=O)NC[C@H]1CCCC(=O)N1)C2. The third-order valence-corrected chi connectivity index (χ3v) is 4.49. The Balaban J connectivity index is 1.55. The fourth-order valence-corrected chi connectivity index (χ4v) is 3.03. The molecular formula is C17H22N2O3. The number of rotatable bonds is 3. The van der Waals surface area contributed by atoms with Crippen LogP contribution in [-0.2, 0) is 16.0 Å². The summed E-state index contributed by atoms with van der Waals surface area (Å²) in [5, 5.41) is 5.80. The molecule has 0 spiro atoms. The quantitative estimate of drug-likeness (QED) is 0.886.